The standard InChI is InChI=1S/C16H19N3/c1-16(2)7-3-4-15(9-16)19-14-6-5-12(10-17)13(8-14)11-18/h5-6,8,15,19H,3-4,7,9H2,1-2H3. The fourth-order valence-corrected chi connectivity index (χ4v) is 2.88. The second kappa shape index (κ2) is 5.33. The molecular weight excluding hydrogens is 234 g/mol. The van der Waals surface area contributed by atoms with Gasteiger partial charge in [-0.3, -0.25) is 0 Å². The lowest BCUT2D eigenvalue weighted by Gasteiger charge is -2.36. The Hall–Kier alpha value is -2.00. The van der Waals surface area contributed by atoms with Crippen LogP contribution in [0.1, 0.15) is 50.7 Å². The highest BCUT2D eigenvalue weighted by atomic mass is 14.9. The topological polar surface area (TPSA) is 59.6 Å². The largest absolute Gasteiger partial charge is 0.382 e. The first-order valence-corrected chi connectivity index (χ1v) is 6.75. The molecule has 0 heterocycles. The number of benzene rings is 1. The van der Waals surface area contributed by atoms with Crippen LogP contribution in [0.4, 0.5) is 5.69 Å². The molecule has 1 aliphatic rings. The Morgan fingerprint density at radius 3 is 2.58 bits per heavy atom. The average molecular weight is 253 g/mol. The van der Waals surface area contributed by atoms with E-state index in [2.05, 4.69) is 25.2 Å². The number of anilines is 1. The molecule has 0 saturated heterocycles. The van der Waals surface area contributed by atoms with Crippen molar-refractivity contribution in [1.29, 1.82) is 10.5 Å². The Morgan fingerprint density at radius 2 is 1.95 bits per heavy atom. The summed E-state index contributed by atoms with van der Waals surface area (Å²) in [5.41, 5.74) is 2.22. The van der Waals surface area contributed by atoms with Crippen LogP contribution >= 0.6 is 0 Å². The van der Waals surface area contributed by atoms with Gasteiger partial charge in [0.2, 0.25) is 0 Å². The fraction of sp³-hybridized carbons (Fsp3) is 0.500. The van der Waals surface area contributed by atoms with E-state index in [-0.39, 0.29) is 0 Å². The predicted octanol–water partition coefficient (Wildman–Crippen LogP) is 3.81. The van der Waals surface area contributed by atoms with Gasteiger partial charge in [0.15, 0.2) is 0 Å². The second-order valence-electron chi connectivity index (χ2n) is 6.09. The molecule has 1 N–H and O–H groups in total. The Morgan fingerprint density at radius 1 is 1.21 bits per heavy atom. The van der Waals surface area contributed by atoms with Crippen LogP contribution in [0.5, 0.6) is 0 Å². The molecule has 0 bridgehead atoms. The molecule has 1 aliphatic carbocycles. The van der Waals surface area contributed by atoms with Gasteiger partial charge >= 0.3 is 0 Å². The molecule has 0 amide bonds. The lowest BCUT2D eigenvalue weighted by Crippen LogP contribution is -2.31. The molecule has 0 aliphatic heterocycles. The summed E-state index contributed by atoms with van der Waals surface area (Å²) in [6.07, 6.45) is 4.84. The van der Waals surface area contributed by atoms with E-state index in [1.54, 1.807) is 12.1 Å². The van der Waals surface area contributed by atoms with Crippen molar-refractivity contribution in [3.05, 3.63) is 29.3 Å². The van der Waals surface area contributed by atoms with Gasteiger partial charge in [0.05, 0.1) is 11.1 Å². The minimum absolute atomic E-state index is 0.389. The van der Waals surface area contributed by atoms with Crippen LogP contribution in [-0.4, -0.2) is 6.04 Å². The third-order valence-corrected chi connectivity index (χ3v) is 3.84. The van der Waals surface area contributed by atoms with E-state index in [9.17, 15) is 0 Å². The maximum Gasteiger partial charge on any atom is 0.101 e. The quantitative estimate of drug-likeness (QED) is 0.871. The van der Waals surface area contributed by atoms with E-state index < -0.39 is 0 Å². The van der Waals surface area contributed by atoms with Crippen molar-refractivity contribution in [2.24, 2.45) is 5.41 Å². The van der Waals surface area contributed by atoms with E-state index >= 15 is 0 Å². The van der Waals surface area contributed by atoms with E-state index in [4.69, 9.17) is 10.5 Å². The van der Waals surface area contributed by atoms with Gasteiger partial charge in [-0.2, -0.15) is 10.5 Å². The lowest BCUT2D eigenvalue weighted by molar-refractivity contribution is 0.229. The first kappa shape index (κ1) is 13.4. The van der Waals surface area contributed by atoms with Crippen molar-refractivity contribution >= 4 is 5.69 Å². The van der Waals surface area contributed by atoms with Gasteiger partial charge in [-0.05, 0) is 42.9 Å². The molecule has 1 aromatic rings. The lowest BCUT2D eigenvalue weighted by atomic mass is 9.75. The number of rotatable bonds is 2. The van der Waals surface area contributed by atoms with Crippen LogP contribution < -0.4 is 5.32 Å². The van der Waals surface area contributed by atoms with Crippen LogP contribution in [0.3, 0.4) is 0 Å². The Kier molecular flexibility index (Phi) is 3.76. The summed E-state index contributed by atoms with van der Waals surface area (Å²) in [6.45, 7) is 4.61. The maximum atomic E-state index is 9.03. The summed E-state index contributed by atoms with van der Waals surface area (Å²) in [5.74, 6) is 0. The number of hydrogen-bond acceptors (Lipinski definition) is 3. The smallest absolute Gasteiger partial charge is 0.101 e. The molecule has 0 aromatic heterocycles. The van der Waals surface area contributed by atoms with Crippen LogP contribution in [0.15, 0.2) is 18.2 Å². The third-order valence-electron chi connectivity index (χ3n) is 3.84. The summed E-state index contributed by atoms with van der Waals surface area (Å²) < 4.78 is 0. The van der Waals surface area contributed by atoms with Gasteiger partial charge in [0.25, 0.3) is 0 Å². The van der Waals surface area contributed by atoms with Gasteiger partial charge in [0.1, 0.15) is 12.1 Å². The highest BCUT2D eigenvalue weighted by Crippen LogP contribution is 2.36. The Labute approximate surface area is 114 Å². The molecule has 19 heavy (non-hydrogen) atoms. The molecule has 1 saturated carbocycles. The van der Waals surface area contributed by atoms with Crippen LogP contribution in [0, 0.1) is 28.1 Å². The van der Waals surface area contributed by atoms with Crippen molar-refractivity contribution in [3.8, 4) is 12.1 Å². The molecule has 1 unspecified atom stereocenters. The van der Waals surface area contributed by atoms with Crippen molar-refractivity contribution < 1.29 is 0 Å². The van der Waals surface area contributed by atoms with Gasteiger partial charge in [0, 0.05) is 11.7 Å². The maximum absolute atomic E-state index is 9.03. The van der Waals surface area contributed by atoms with Crippen molar-refractivity contribution in [2.45, 2.75) is 45.6 Å². The summed E-state index contributed by atoms with van der Waals surface area (Å²) in [5, 5.41) is 21.4. The molecule has 1 aromatic carbocycles. The molecule has 0 spiro atoms. The summed E-state index contributed by atoms with van der Waals surface area (Å²) in [6, 6.07) is 9.96. The first-order chi connectivity index (χ1) is 9.04. The fourth-order valence-electron chi connectivity index (χ4n) is 2.88. The molecule has 1 fully saturated rings. The zero-order valence-electron chi connectivity index (χ0n) is 11.5. The van der Waals surface area contributed by atoms with Gasteiger partial charge < -0.3 is 5.32 Å². The summed E-state index contributed by atoms with van der Waals surface area (Å²) >= 11 is 0. The molecule has 2 rings (SSSR count). The third kappa shape index (κ3) is 3.26. The monoisotopic (exact) mass is 253 g/mol. The number of nitriles is 2. The van der Waals surface area contributed by atoms with Crippen LogP contribution in [0.25, 0.3) is 0 Å². The second-order valence-corrected chi connectivity index (χ2v) is 6.09. The first-order valence-electron chi connectivity index (χ1n) is 6.75. The molecule has 0 radical (unpaired) electrons. The van der Waals surface area contributed by atoms with E-state index in [0.29, 0.717) is 22.6 Å². The van der Waals surface area contributed by atoms with Crippen molar-refractivity contribution in [3.63, 3.8) is 0 Å². The molecule has 98 valence electrons. The molecule has 1 atom stereocenters. The minimum atomic E-state index is 0.389. The average Bonchev–Trinajstić information content (AvgIpc) is 2.37. The van der Waals surface area contributed by atoms with Crippen molar-refractivity contribution in [1.82, 2.24) is 0 Å². The molecule has 3 heteroatoms. The minimum Gasteiger partial charge on any atom is -0.382 e. The van der Waals surface area contributed by atoms with Crippen LogP contribution in [-0.2, 0) is 0 Å². The van der Waals surface area contributed by atoms with E-state index in [1.165, 1.54) is 19.3 Å². The van der Waals surface area contributed by atoms with Gasteiger partial charge in [-0.25, -0.2) is 0 Å². The zero-order valence-corrected chi connectivity index (χ0v) is 11.5. The highest BCUT2D eigenvalue weighted by molar-refractivity contribution is 5.56. The molecular formula is C16H19N3. The summed E-state index contributed by atoms with van der Waals surface area (Å²) in [7, 11) is 0. The Bertz CT molecular complexity index is 546. The zero-order chi connectivity index (χ0) is 13.9. The number of nitrogens with one attached hydrogen (secondary N) is 1. The summed E-state index contributed by atoms with van der Waals surface area (Å²) in [4.78, 5) is 0. The van der Waals surface area contributed by atoms with E-state index in [0.717, 1.165) is 12.1 Å². The molecule has 3 nitrogen and oxygen atoms in total. The van der Waals surface area contributed by atoms with Crippen molar-refractivity contribution in [2.75, 3.05) is 5.32 Å². The highest BCUT2D eigenvalue weighted by Gasteiger charge is 2.27. The van der Waals surface area contributed by atoms with Crippen LogP contribution in [0.2, 0.25) is 0 Å². The van der Waals surface area contributed by atoms with E-state index in [1.807, 2.05) is 12.1 Å². The van der Waals surface area contributed by atoms with Gasteiger partial charge in [-0.15, -0.1) is 0 Å². The SMILES string of the molecule is CC1(C)CCCC(Nc2ccc(C#N)c(C#N)c2)C1. The number of hydrogen-bond donors (Lipinski definition) is 1. The predicted molar refractivity (Wildman–Crippen MR) is 75.5 cm³/mol. The normalized spacial score (nSPS) is 21.2. The Balaban J connectivity index is 2.12. The number of nitrogens with zero attached hydrogens (tertiary/aromatic N) is 2. The van der Waals surface area contributed by atoms with Gasteiger partial charge in [-0.1, -0.05) is 20.3 Å².